The molecule has 1 aromatic rings. The van der Waals surface area contributed by atoms with E-state index in [2.05, 4.69) is 5.10 Å². The number of carbonyl (C=O) groups is 1. The predicted molar refractivity (Wildman–Crippen MR) is 68.3 cm³/mol. The molecular formula is C13H18F3N3O2. The minimum Gasteiger partial charge on any atom is -0.383 e. The van der Waals surface area contributed by atoms with Crippen molar-refractivity contribution in [1.82, 2.24) is 14.7 Å². The molecule has 2 atom stereocenters. The van der Waals surface area contributed by atoms with E-state index < -0.39 is 24.2 Å². The van der Waals surface area contributed by atoms with Gasteiger partial charge < -0.3 is 10.0 Å². The van der Waals surface area contributed by atoms with Crippen LogP contribution in [-0.4, -0.2) is 51.1 Å². The van der Waals surface area contributed by atoms with E-state index in [1.807, 2.05) is 0 Å². The number of hydrogen-bond acceptors (Lipinski definition) is 3. The zero-order valence-corrected chi connectivity index (χ0v) is 11.6. The summed E-state index contributed by atoms with van der Waals surface area (Å²) < 4.78 is 38.9. The highest BCUT2D eigenvalue weighted by molar-refractivity contribution is 5.80. The molecule has 118 valence electrons. The average Bonchev–Trinajstić information content (AvgIpc) is 2.98. The van der Waals surface area contributed by atoms with Gasteiger partial charge in [0.2, 0.25) is 5.91 Å². The lowest BCUT2D eigenvalue weighted by Gasteiger charge is -2.35. The van der Waals surface area contributed by atoms with Crippen molar-refractivity contribution in [2.75, 3.05) is 13.1 Å². The second kappa shape index (κ2) is 6.05. The number of likely N-dealkylation sites (tertiary alicyclic amines) is 1. The molecule has 1 N–H and O–H groups in total. The summed E-state index contributed by atoms with van der Waals surface area (Å²) in [6.07, 6.45) is -3.37. The van der Waals surface area contributed by atoms with Crippen LogP contribution in [0.1, 0.15) is 25.8 Å². The van der Waals surface area contributed by atoms with E-state index in [1.165, 1.54) is 9.58 Å². The SMILES string of the molecule is C[C@H](C(=O)N1CCC([C@H](O)C(F)(F)F)CC1)n1cccn1. The number of halogens is 3. The Labute approximate surface area is 120 Å². The van der Waals surface area contributed by atoms with Gasteiger partial charge in [0.15, 0.2) is 6.10 Å². The third kappa shape index (κ3) is 3.55. The van der Waals surface area contributed by atoms with Crippen LogP contribution in [0.25, 0.3) is 0 Å². The van der Waals surface area contributed by atoms with E-state index >= 15 is 0 Å². The zero-order valence-electron chi connectivity index (χ0n) is 11.6. The van der Waals surface area contributed by atoms with Gasteiger partial charge in [0, 0.05) is 25.5 Å². The maximum atomic E-state index is 12.5. The minimum atomic E-state index is -4.60. The first kappa shape index (κ1) is 15.8. The molecular weight excluding hydrogens is 287 g/mol. The van der Waals surface area contributed by atoms with E-state index in [4.69, 9.17) is 0 Å². The zero-order chi connectivity index (χ0) is 15.6. The first-order valence-electron chi connectivity index (χ1n) is 6.83. The van der Waals surface area contributed by atoms with E-state index in [0.717, 1.165) is 0 Å². The van der Waals surface area contributed by atoms with E-state index in [-0.39, 0.29) is 31.8 Å². The van der Waals surface area contributed by atoms with Crippen molar-refractivity contribution >= 4 is 5.91 Å². The highest BCUT2D eigenvalue weighted by atomic mass is 19.4. The monoisotopic (exact) mass is 305 g/mol. The quantitative estimate of drug-likeness (QED) is 0.923. The first-order valence-corrected chi connectivity index (χ1v) is 6.83. The number of amides is 1. The molecule has 1 aromatic heterocycles. The second-order valence-corrected chi connectivity index (χ2v) is 5.31. The molecule has 0 saturated carbocycles. The van der Waals surface area contributed by atoms with Crippen molar-refractivity contribution in [2.45, 2.75) is 38.1 Å². The predicted octanol–water partition coefficient (Wildman–Crippen LogP) is 1.61. The lowest BCUT2D eigenvalue weighted by Crippen LogP contribution is -2.46. The van der Waals surface area contributed by atoms with E-state index in [0.29, 0.717) is 0 Å². The van der Waals surface area contributed by atoms with Gasteiger partial charge in [0.05, 0.1) is 0 Å². The molecule has 5 nitrogen and oxygen atoms in total. The van der Waals surface area contributed by atoms with E-state index in [9.17, 15) is 23.1 Å². The molecule has 0 unspecified atom stereocenters. The Morgan fingerprint density at radius 2 is 2.00 bits per heavy atom. The molecule has 0 bridgehead atoms. The Morgan fingerprint density at radius 3 is 2.48 bits per heavy atom. The highest BCUT2D eigenvalue weighted by Crippen LogP contribution is 2.32. The summed E-state index contributed by atoms with van der Waals surface area (Å²) in [5, 5.41) is 13.2. The van der Waals surface area contributed by atoms with Gasteiger partial charge in [-0.15, -0.1) is 0 Å². The second-order valence-electron chi connectivity index (χ2n) is 5.31. The van der Waals surface area contributed by atoms with Crippen LogP contribution >= 0.6 is 0 Å². The van der Waals surface area contributed by atoms with Crippen LogP contribution in [0.5, 0.6) is 0 Å². The van der Waals surface area contributed by atoms with Gasteiger partial charge in [-0.1, -0.05) is 0 Å². The molecule has 0 radical (unpaired) electrons. The normalized spacial score (nSPS) is 20.3. The number of hydrogen-bond donors (Lipinski definition) is 1. The summed E-state index contributed by atoms with van der Waals surface area (Å²) in [6, 6.07) is 1.22. The van der Waals surface area contributed by atoms with E-state index in [1.54, 1.807) is 25.4 Å². The number of nitrogens with zero attached hydrogens (tertiary/aromatic N) is 3. The average molecular weight is 305 g/mol. The highest BCUT2D eigenvalue weighted by Gasteiger charge is 2.44. The van der Waals surface area contributed by atoms with Gasteiger partial charge in [-0.2, -0.15) is 18.3 Å². The number of aliphatic hydroxyl groups is 1. The lowest BCUT2D eigenvalue weighted by atomic mass is 9.90. The molecule has 2 rings (SSSR count). The molecule has 1 fully saturated rings. The molecule has 8 heteroatoms. The van der Waals surface area contributed by atoms with Gasteiger partial charge in [-0.25, -0.2) is 0 Å². The molecule has 0 aromatic carbocycles. The van der Waals surface area contributed by atoms with Crippen molar-refractivity contribution in [3.05, 3.63) is 18.5 Å². The summed E-state index contributed by atoms with van der Waals surface area (Å²) in [5.74, 6) is -1.01. The van der Waals surface area contributed by atoms with Crippen molar-refractivity contribution in [2.24, 2.45) is 5.92 Å². The Bertz CT molecular complexity index is 468. The minimum absolute atomic E-state index is 0.151. The Balaban J connectivity index is 1.90. The third-order valence-electron chi connectivity index (χ3n) is 3.91. The fraction of sp³-hybridized carbons (Fsp3) is 0.692. The molecule has 1 amide bonds. The molecule has 2 heterocycles. The van der Waals surface area contributed by atoms with Crippen LogP contribution in [0, 0.1) is 5.92 Å². The van der Waals surface area contributed by atoms with Gasteiger partial charge in [-0.3, -0.25) is 9.48 Å². The van der Waals surface area contributed by atoms with Crippen LogP contribution in [0.2, 0.25) is 0 Å². The molecule has 1 aliphatic heterocycles. The fourth-order valence-electron chi connectivity index (χ4n) is 2.59. The maximum absolute atomic E-state index is 12.5. The van der Waals surface area contributed by atoms with Crippen LogP contribution in [-0.2, 0) is 4.79 Å². The summed E-state index contributed by atoms with van der Waals surface area (Å²) >= 11 is 0. The Kier molecular flexibility index (Phi) is 4.55. The largest absolute Gasteiger partial charge is 0.414 e. The number of piperidine rings is 1. The third-order valence-corrected chi connectivity index (χ3v) is 3.91. The van der Waals surface area contributed by atoms with Crippen molar-refractivity contribution in [3.8, 4) is 0 Å². The van der Waals surface area contributed by atoms with Crippen LogP contribution in [0.3, 0.4) is 0 Å². The summed E-state index contributed by atoms with van der Waals surface area (Å²) in [6.45, 7) is 2.15. The molecule has 21 heavy (non-hydrogen) atoms. The Morgan fingerprint density at radius 1 is 1.38 bits per heavy atom. The smallest absolute Gasteiger partial charge is 0.383 e. The van der Waals surface area contributed by atoms with Crippen molar-refractivity contribution in [1.29, 1.82) is 0 Å². The topological polar surface area (TPSA) is 58.4 Å². The first-order chi connectivity index (χ1) is 9.80. The number of carbonyl (C=O) groups excluding carboxylic acids is 1. The number of rotatable bonds is 3. The van der Waals surface area contributed by atoms with Gasteiger partial charge >= 0.3 is 6.18 Å². The number of aromatic nitrogens is 2. The maximum Gasteiger partial charge on any atom is 0.414 e. The van der Waals surface area contributed by atoms with Crippen molar-refractivity contribution in [3.63, 3.8) is 0 Å². The summed E-state index contributed by atoms with van der Waals surface area (Å²) in [7, 11) is 0. The molecule has 1 aliphatic rings. The lowest BCUT2D eigenvalue weighted by molar-refractivity contribution is -0.223. The summed E-state index contributed by atoms with van der Waals surface area (Å²) in [5.41, 5.74) is 0. The summed E-state index contributed by atoms with van der Waals surface area (Å²) in [4.78, 5) is 13.8. The fourth-order valence-corrected chi connectivity index (χ4v) is 2.59. The van der Waals surface area contributed by atoms with Crippen LogP contribution < -0.4 is 0 Å². The Hall–Kier alpha value is -1.57. The van der Waals surface area contributed by atoms with Gasteiger partial charge in [0.25, 0.3) is 0 Å². The van der Waals surface area contributed by atoms with Crippen LogP contribution in [0.4, 0.5) is 13.2 Å². The number of aliphatic hydroxyl groups excluding tert-OH is 1. The van der Waals surface area contributed by atoms with Crippen LogP contribution in [0.15, 0.2) is 18.5 Å². The van der Waals surface area contributed by atoms with Gasteiger partial charge in [0.1, 0.15) is 6.04 Å². The standard InChI is InChI=1S/C13H18F3N3O2/c1-9(19-6-2-5-17-19)12(21)18-7-3-10(4-8-18)11(20)13(14,15)16/h2,5-6,9-11,20H,3-4,7-8H2,1H3/t9-,11+/m1/s1. The van der Waals surface area contributed by atoms with Gasteiger partial charge in [-0.05, 0) is 31.7 Å². The molecule has 1 saturated heterocycles. The molecule has 0 aliphatic carbocycles. The van der Waals surface area contributed by atoms with Crippen molar-refractivity contribution < 1.29 is 23.1 Å². The molecule has 0 spiro atoms. The number of alkyl halides is 3.